The van der Waals surface area contributed by atoms with Crippen LogP contribution in [0.1, 0.15) is 12.5 Å². The van der Waals surface area contributed by atoms with E-state index in [4.69, 9.17) is 4.74 Å². The second kappa shape index (κ2) is 8.15. The molecule has 3 rings (SSSR count). The number of imide groups is 2. The van der Waals surface area contributed by atoms with E-state index in [0.717, 1.165) is 4.90 Å². The Hall–Kier alpha value is -2.65. The van der Waals surface area contributed by atoms with Crippen LogP contribution in [0.5, 0.6) is 11.5 Å². The number of nitrogens with one attached hydrogen (secondary N) is 1. The number of carbonyl (C=O) groups excluding carboxylic acids is 3. The van der Waals surface area contributed by atoms with Crippen LogP contribution < -0.4 is 15.0 Å². The van der Waals surface area contributed by atoms with Crippen LogP contribution in [0.15, 0.2) is 50.9 Å². The van der Waals surface area contributed by atoms with Gasteiger partial charge in [-0.2, -0.15) is 0 Å². The Bertz CT molecular complexity index is 979. The third-order valence-corrected chi connectivity index (χ3v) is 5.07. The number of benzene rings is 2. The van der Waals surface area contributed by atoms with Crippen molar-refractivity contribution in [2.75, 3.05) is 11.5 Å². The Morgan fingerprint density at radius 1 is 1.11 bits per heavy atom. The third kappa shape index (κ3) is 3.95. The van der Waals surface area contributed by atoms with Gasteiger partial charge in [0, 0.05) is 0 Å². The number of urea groups is 1. The van der Waals surface area contributed by atoms with E-state index in [9.17, 15) is 19.5 Å². The van der Waals surface area contributed by atoms with Gasteiger partial charge in [0.05, 0.1) is 21.2 Å². The molecule has 1 fully saturated rings. The smallest absolute Gasteiger partial charge is 0.335 e. The van der Waals surface area contributed by atoms with E-state index in [-0.39, 0.29) is 11.3 Å². The monoisotopic (exact) mass is 508 g/mol. The zero-order valence-corrected chi connectivity index (χ0v) is 17.7. The number of anilines is 1. The SMILES string of the molecule is CCOc1ccc(N2C(=O)NC(=O)/C(=C\c3cc(Br)c(O)c(Br)c3)C2=O)cc1. The number of aromatic hydroxyl groups is 1. The van der Waals surface area contributed by atoms with Gasteiger partial charge in [-0.3, -0.25) is 14.9 Å². The standard InChI is InChI=1S/C19H14Br2N2O5/c1-2-28-12-5-3-11(4-6-12)23-18(26)13(17(25)22-19(23)27)7-10-8-14(20)16(24)15(21)9-10/h3-9,24H,2H2,1H3,(H,22,25,27)/b13-7+. The van der Waals surface area contributed by atoms with E-state index in [1.165, 1.54) is 6.08 Å². The summed E-state index contributed by atoms with van der Waals surface area (Å²) in [5, 5.41) is 12.0. The van der Waals surface area contributed by atoms with E-state index in [1.807, 2.05) is 6.92 Å². The van der Waals surface area contributed by atoms with Crippen molar-refractivity contribution < 1.29 is 24.2 Å². The molecule has 4 amide bonds. The normalized spacial score (nSPS) is 15.8. The van der Waals surface area contributed by atoms with Gasteiger partial charge in [-0.05, 0) is 86.8 Å². The highest BCUT2D eigenvalue weighted by Crippen LogP contribution is 2.34. The molecular formula is C19H14Br2N2O5. The number of amides is 4. The lowest BCUT2D eigenvalue weighted by Crippen LogP contribution is -2.54. The minimum absolute atomic E-state index is 0.00670. The molecule has 28 heavy (non-hydrogen) atoms. The summed E-state index contributed by atoms with van der Waals surface area (Å²) in [7, 11) is 0. The summed E-state index contributed by atoms with van der Waals surface area (Å²) in [4.78, 5) is 38.2. The second-order valence-electron chi connectivity index (χ2n) is 5.72. The molecule has 2 aromatic carbocycles. The maximum Gasteiger partial charge on any atom is 0.335 e. The maximum absolute atomic E-state index is 12.9. The first-order valence-electron chi connectivity index (χ1n) is 8.14. The molecule has 7 nitrogen and oxygen atoms in total. The zero-order valence-electron chi connectivity index (χ0n) is 14.5. The van der Waals surface area contributed by atoms with Gasteiger partial charge in [0.2, 0.25) is 0 Å². The summed E-state index contributed by atoms with van der Waals surface area (Å²) < 4.78 is 6.12. The number of rotatable bonds is 4. The third-order valence-electron chi connectivity index (χ3n) is 3.86. The van der Waals surface area contributed by atoms with Crippen LogP contribution >= 0.6 is 31.9 Å². The van der Waals surface area contributed by atoms with Crippen molar-refractivity contribution in [2.45, 2.75) is 6.92 Å². The second-order valence-corrected chi connectivity index (χ2v) is 7.43. The van der Waals surface area contributed by atoms with Gasteiger partial charge >= 0.3 is 6.03 Å². The number of ether oxygens (including phenoxy) is 1. The Labute approximate surface area is 177 Å². The number of halogens is 2. The van der Waals surface area contributed by atoms with Crippen molar-refractivity contribution in [3.8, 4) is 11.5 Å². The van der Waals surface area contributed by atoms with Gasteiger partial charge in [0.1, 0.15) is 17.1 Å². The fraction of sp³-hybridized carbons (Fsp3) is 0.105. The lowest BCUT2D eigenvalue weighted by molar-refractivity contribution is -0.122. The fourth-order valence-electron chi connectivity index (χ4n) is 2.59. The maximum atomic E-state index is 12.9. The first-order chi connectivity index (χ1) is 13.3. The Kier molecular flexibility index (Phi) is 5.85. The van der Waals surface area contributed by atoms with Crippen LogP contribution in [-0.2, 0) is 9.59 Å². The van der Waals surface area contributed by atoms with Crippen molar-refractivity contribution >= 4 is 61.5 Å². The minimum atomic E-state index is -0.829. The summed E-state index contributed by atoms with van der Waals surface area (Å²) in [6, 6.07) is 8.65. The van der Waals surface area contributed by atoms with Crippen molar-refractivity contribution in [3.05, 3.63) is 56.5 Å². The Morgan fingerprint density at radius 2 is 1.71 bits per heavy atom. The van der Waals surface area contributed by atoms with E-state index >= 15 is 0 Å². The average Bonchev–Trinajstić information content (AvgIpc) is 2.64. The summed E-state index contributed by atoms with van der Waals surface area (Å²) in [6.45, 7) is 2.33. The van der Waals surface area contributed by atoms with Gasteiger partial charge in [0.25, 0.3) is 11.8 Å². The van der Waals surface area contributed by atoms with Crippen molar-refractivity contribution in [1.29, 1.82) is 0 Å². The quantitative estimate of drug-likeness (QED) is 0.480. The van der Waals surface area contributed by atoms with Crippen molar-refractivity contribution in [3.63, 3.8) is 0 Å². The molecule has 1 aliphatic rings. The first kappa shape index (κ1) is 20.1. The summed E-state index contributed by atoms with van der Waals surface area (Å²) >= 11 is 6.40. The molecule has 1 aliphatic heterocycles. The summed E-state index contributed by atoms with van der Waals surface area (Å²) in [5.41, 5.74) is 0.575. The van der Waals surface area contributed by atoms with Crippen LogP contribution in [0, 0.1) is 0 Å². The number of hydrogen-bond donors (Lipinski definition) is 2. The summed E-state index contributed by atoms with van der Waals surface area (Å²) in [5.74, 6) is -0.953. The number of barbiturate groups is 1. The van der Waals surface area contributed by atoms with E-state index < -0.39 is 17.8 Å². The van der Waals surface area contributed by atoms with Crippen molar-refractivity contribution in [2.24, 2.45) is 0 Å². The topological polar surface area (TPSA) is 95.9 Å². The van der Waals surface area contributed by atoms with E-state index in [1.54, 1.807) is 36.4 Å². The minimum Gasteiger partial charge on any atom is -0.506 e. The molecule has 0 aromatic heterocycles. The van der Waals surface area contributed by atoms with E-state index in [2.05, 4.69) is 37.2 Å². The summed E-state index contributed by atoms with van der Waals surface area (Å²) in [6.07, 6.45) is 1.35. The molecule has 144 valence electrons. The van der Waals surface area contributed by atoms with Crippen LogP contribution in [0.4, 0.5) is 10.5 Å². The van der Waals surface area contributed by atoms with Crippen molar-refractivity contribution in [1.82, 2.24) is 5.32 Å². The van der Waals surface area contributed by atoms with E-state index in [0.29, 0.717) is 32.6 Å². The molecule has 0 bridgehead atoms. The van der Waals surface area contributed by atoms with Crippen LogP contribution in [0.3, 0.4) is 0 Å². The van der Waals surface area contributed by atoms with Gasteiger partial charge in [-0.1, -0.05) is 0 Å². The zero-order chi connectivity index (χ0) is 20.4. The lowest BCUT2D eigenvalue weighted by Gasteiger charge is -2.26. The number of phenolic OH excluding ortho intramolecular Hbond substituents is 1. The molecule has 2 N–H and O–H groups in total. The van der Waals surface area contributed by atoms with Gasteiger partial charge in [-0.15, -0.1) is 0 Å². The Morgan fingerprint density at radius 3 is 2.29 bits per heavy atom. The van der Waals surface area contributed by atoms with Gasteiger partial charge < -0.3 is 9.84 Å². The van der Waals surface area contributed by atoms with Gasteiger partial charge in [0.15, 0.2) is 0 Å². The molecule has 1 heterocycles. The highest BCUT2D eigenvalue weighted by atomic mass is 79.9. The number of nitrogens with zero attached hydrogens (tertiary/aromatic N) is 1. The first-order valence-corrected chi connectivity index (χ1v) is 9.72. The molecule has 1 saturated heterocycles. The molecule has 0 radical (unpaired) electrons. The Balaban J connectivity index is 1.98. The lowest BCUT2D eigenvalue weighted by atomic mass is 10.1. The van der Waals surface area contributed by atoms with Crippen LogP contribution in [-0.4, -0.2) is 29.6 Å². The molecule has 0 unspecified atom stereocenters. The van der Waals surface area contributed by atoms with Crippen LogP contribution in [0.25, 0.3) is 6.08 Å². The molecule has 9 heteroatoms. The predicted octanol–water partition coefficient (Wildman–Crippen LogP) is 3.98. The molecule has 0 aliphatic carbocycles. The molecule has 0 saturated carbocycles. The largest absolute Gasteiger partial charge is 0.506 e. The highest BCUT2D eigenvalue weighted by Gasteiger charge is 2.36. The number of carbonyl (C=O) groups is 3. The van der Waals surface area contributed by atoms with Gasteiger partial charge in [-0.25, -0.2) is 9.69 Å². The van der Waals surface area contributed by atoms with Crippen LogP contribution in [0.2, 0.25) is 0 Å². The fourth-order valence-corrected chi connectivity index (χ4v) is 3.81. The number of phenols is 1. The highest BCUT2D eigenvalue weighted by molar-refractivity contribution is 9.11. The molecule has 0 spiro atoms. The molecule has 2 aromatic rings. The average molecular weight is 510 g/mol. The molecule has 0 atom stereocenters. The molecular weight excluding hydrogens is 496 g/mol. The number of hydrogen-bond acceptors (Lipinski definition) is 5. The predicted molar refractivity (Wildman–Crippen MR) is 110 cm³/mol.